The molecule has 2 aromatic carbocycles. The summed E-state index contributed by atoms with van der Waals surface area (Å²) in [5, 5.41) is 0. The molecule has 60 heavy (non-hydrogen) atoms. The molecular formula is C57H96N2Ni. The molecule has 0 amide bonds. The van der Waals surface area contributed by atoms with Gasteiger partial charge in [0.25, 0.3) is 0 Å². The van der Waals surface area contributed by atoms with Gasteiger partial charge in [-0.2, -0.15) is 12.8 Å². The Morgan fingerprint density at radius 3 is 0.850 bits per heavy atom. The van der Waals surface area contributed by atoms with Crippen LogP contribution in [0.1, 0.15) is 262 Å². The summed E-state index contributed by atoms with van der Waals surface area (Å²) in [5.74, 6) is 0. The monoisotopic (exact) mass is 867 g/mol. The Balaban J connectivity index is 0.00000172. The summed E-state index contributed by atoms with van der Waals surface area (Å²) in [5.41, 5.74) is 21.3. The van der Waals surface area contributed by atoms with Crippen molar-refractivity contribution in [1.29, 1.82) is 0 Å². The van der Waals surface area contributed by atoms with Crippen LogP contribution in [0.15, 0.2) is 59.7 Å². The Hall–Kier alpha value is -1.99. The van der Waals surface area contributed by atoms with Crippen LogP contribution in [0.2, 0.25) is 0 Å². The summed E-state index contributed by atoms with van der Waals surface area (Å²) in [7, 11) is 0. The molecule has 0 atom stereocenters. The number of nitrogens with zero attached hydrogens (tertiary/aromatic N) is 2. The van der Waals surface area contributed by atoms with Gasteiger partial charge < -0.3 is 19.4 Å². The van der Waals surface area contributed by atoms with Gasteiger partial charge in [-0.3, -0.25) is 0 Å². The van der Waals surface area contributed by atoms with Gasteiger partial charge in [0.1, 0.15) is 0 Å². The molecule has 2 nitrogen and oxygen atoms in total. The number of hydrogen-bond acceptors (Lipinski definition) is 0. The molecule has 1 aliphatic rings. The average molecular weight is 868 g/mol. The molecule has 2 aromatic rings. The first-order valence-electron chi connectivity index (χ1n) is 25.6. The summed E-state index contributed by atoms with van der Waals surface area (Å²) in [6.07, 6.45) is 43.6. The second-order valence-corrected chi connectivity index (χ2v) is 17.7. The Morgan fingerprint density at radius 1 is 0.367 bits per heavy atom. The largest absolute Gasteiger partial charge is 2.00 e. The molecule has 0 saturated carbocycles. The quantitative estimate of drug-likeness (QED) is 0.0296. The Morgan fingerprint density at radius 2 is 0.600 bits per heavy atom. The normalized spacial score (nSPS) is 12.3. The fraction of sp³-hybridized carbons (Fsp3) is 0.684. The zero-order chi connectivity index (χ0) is 43.2. The van der Waals surface area contributed by atoms with Crippen molar-refractivity contribution in [1.82, 2.24) is 0 Å². The maximum atomic E-state index is 11.8. The molecule has 0 saturated heterocycles. The molecular weight excluding hydrogens is 771 g/mol. The number of benzene rings is 2. The predicted molar refractivity (Wildman–Crippen MR) is 266 cm³/mol. The first kappa shape index (κ1) is 58.0. The molecule has 344 valence electrons. The topological polar surface area (TPSA) is 25.3 Å². The maximum Gasteiger partial charge on any atom is 2.00 e. The Bertz CT molecular complexity index is 1310. The summed E-state index contributed by atoms with van der Waals surface area (Å²) in [6.45, 7) is 20.9. The van der Waals surface area contributed by atoms with Crippen LogP contribution in [-0.2, 0) is 16.5 Å². The van der Waals surface area contributed by atoms with Crippen molar-refractivity contribution in [3.05, 3.63) is 101 Å². The second kappa shape index (κ2) is 41.0. The smallest absolute Gasteiger partial charge is 0.493 e. The van der Waals surface area contributed by atoms with E-state index in [9.17, 15) is 5.53 Å². The van der Waals surface area contributed by atoms with Crippen molar-refractivity contribution in [3.8, 4) is 0 Å². The van der Waals surface area contributed by atoms with Gasteiger partial charge in [-0.05, 0) is 63.8 Å². The molecule has 0 unspecified atom stereocenters. The van der Waals surface area contributed by atoms with Gasteiger partial charge in [-0.25, -0.2) is 4.70 Å². The third-order valence-electron chi connectivity index (χ3n) is 12.0. The zero-order valence-corrected chi connectivity index (χ0v) is 41.6. The van der Waals surface area contributed by atoms with E-state index in [1.165, 1.54) is 208 Å². The minimum Gasteiger partial charge on any atom is -0.493 e. The zero-order valence-electron chi connectivity index (χ0n) is 40.6. The SMILES string of the molecule is CCCCCCCCCCCCCCCC1=C(c2ccc(C)cc2)[N+](=[N-])C(c2ccc(C)cc2)=C1CCCCCCCC.[CH2-]CCCCCCC.[CH2-]CCCCCCC.[Ni+2]. The number of hydrogen-bond donors (Lipinski definition) is 0. The van der Waals surface area contributed by atoms with E-state index in [1.54, 1.807) is 4.70 Å². The van der Waals surface area contributed by atoms with Gasteiger partial charge >= 0.3 is 16.5 Å². The minimum atomic E-state index is 0. The molecule has 1 aliphatic heterocycles. The first-order valence-corrected chi connectivity index (χ1v) is 25.6. The van der Waals surface area contributed by atoms with Crippen LogP contribution in [0.25, 0.3) is 16.9 Å². The Kier molecular flexibility index (Phi) is 39.7. The maximum absolute atomic E-state index is 11.8. The van der Waals surface area contributed by atoms with E-state index >= 15 is 0 Å². The molecule has 0 aliphatic carbocycles. The number of aryl methyl sites for hydroxylation is 2. The van der Waals surface area contributed by atoms with E-state index < -0.39 is 0 Å². The van der Waals surface area contributed by atoms with E-state index in [4.69, 9.17) is 0 Å². The van der Waals surface area contributed by atoms with Gasteiger partial charge in [0.2, 0.25) is 11.4 Å². The van der Waals surface area contributed by atoms with Crippen LogP contribution >= 0.6 is 0 Å². The fourth-order valence-corrected chi connectivity index (χ4v) is 8.17. The molecule has 3 rings (SSSR count). The van der Waals surface area contributed by atoms with Crippen molar-refractivity contribution >= 4 is 11.4 Å². The van der Waals surface area contributed by atoms with Crippen molar-refractivity contribution in [2.75, 3.05) is 0 Å². The molecule has 0 bridgehead atoms. The van der Waals surface area contributed by atoms with E-state index in [1.807, 2.05) is 0 Å². The molecule has 0 radical (unpaired) electrons. The molecule has 0 fully saturated rings. The molecule has 0 aromatic heterocycles. The molecule has 0 spiro atoms. The van der Waals surface area contributed by atoms with Gasteiger partial charge in [-0.15, -0.1) is 0 Å². The Labute approximate surface area is 385 Å². The number of allylic oxidation sites excluding steroid dienone is 2. The standard InChI is InChI=1S/C41H62N2.2C8H17.Ni/c1-5-7-9-11-13-14-15-16-17-18-19-21-23-25-39-38(24-22-20-12-10-8-6-2)40(36-30-26-34(3)27-31-36)43(42)41(39)37-32-28-35(4)29-33-37;2*1-3-5-7-8-6-4-2;/h26-33H,5-25H2,1-4H3;2*1,3-8H2,2H3;/q;2*-1;+2. The summed E-state index contributed by atoms with van der Waals surface area (Å²) < 4.78 is 1.54. The predicted octanol–water partition coefficient (Wildman–Crippen LogP) is 20.1. The van der Waals surface area contributed by atoms with E-state index in [0.717, 1.165) is 48.2 Å². The third kappa shape index (κ3) is 27.2. The van der Waals surface area contributed by atoms with Crippen LogP contribution in [0.3, 0.4) is 0 Å². The summed E-state index contributed by atoms with van der Waals surface area (Å²) in [4.78, 5) is 0. The fourth-order valence-electron chi connectivity index (χ4n) is 8.17. The van der Waals surface area contributed by atoms with E-state index in [0.29, 0.717) is 0 Å². The van der Waals surface area contributed by atoms with Crippen LogP contribution in [0.4, 0.5) is 0 Å². The van der Waals surface area contributed by atoms with Gasteiger partial charge in [-0.1, -0.05) is 236 Å². The van der Waals surface area contributed by atoms with Crippen molar-refractivity contribution in [2.24, 2.45) is 0 Å². The van der Waals surface area contributed by atoms with Crippen LogP contribution < -0.4 is 0 Å². The van der Waals surface area contributed by atoms with Crippen LogP contribution in [-0.4, -0.2) is 4.70 Å². The number of unbranched alkanes of at least 4 members (excludes halogenated alkanes) is 27. The van der Waals surface area contributed by atoms with Gasteiger partial charge in [0.15, 0.2) is 0 Å². The summed E-state index contributed by atoms with van der Waals surface area (Å²) >= 11 is 0. The molecule has 0 N–H and O–H groups in total. The minimum absolute atomic E-state index is 0. The van der Waals surface area contributed by atoms with E-state index in [2.05, 4.69) is 104 Å². The van der Waals surface area contributed by atoms with Crippen molar-refractivity contribution < 1.29 is 21.2 Å². The van der Waals surface area contributed by atoms with Gasteiger partial charge in [0, 0.05) is 22.3 Å². The number of rotatable bonds is 33. The molecule has 1 heterocycles. The average Bonchev–Trinajstić information content (AvgIpc) is 3.52. The van der Waals surface area contributed by atoms with Gasteiger partial charge in [0.05, 0.1) is 0 Å². The van der Waals surface area contributed by atoms with Crippen LogP contribution in [0, 0.1) is 27.7 Å². The van der Waals surface area contributed by atoms with Crippen molar-refractivity contribution in [3.63, 3.8) is 0 Å². The summed E-state index contributed by atoms with van der Waals surface area (Å²) in [6, 6.07) is 17.5. The first-order chi connectivity index (χ1) is 28.9. The third-order valence-corrected chi connectivity index (χ3v) is 12.0. The van der Waals surface area contributed by atoms with Crippen LogP contribution in [0.5, 0.6) is 0 Å². The van der Waals surface area contributed by atoms with Crippen molar-refractivity contribution in [2.45, 2.75) is 253 Å². The van der Waals surface area contributed by atoms with E-state index in [-0.39, 0.29) is 16.5 Å². The molecule has 3 heteroatoms. The second-order valence-electron chi connectivity index (χ2n) is 17.7.